The number of alkyl halides is 6. The third-order valence-corrected chi connectivity index (χ3v) is 5.48. The van der Waals surface area contributed by atoms with E-state index in [1.54, 1.807) is 0 Å². The van der Waals surface area contributed by atoms with Crippen molar-refractivity contribution in [3.8, 4) is 6.07 Å². The van der Waals surface area contributed by atoms with E-state index in [-0.39, 0.29) is 12.1 Å². The number of nitriles is 1. The van der Waals surface area contributed by atoms with E-state index in [2.05, 4.69) is 10.2 Å². The predicted molar refractivity (Wildman–Crippen MR) is 76.7 cm³/mol. The predicted octanol–water partition coefficient (Wildman–Crippen LogP) is 5.27. The summed E-state index contributed by atoms with van der Waals surface area (Å²) in [5.74, 6) is -2.28. The minimum atomic E-state index is -6.51. The fourth-order valence-corrected chi connectivity index (χ4v) is 3.99. The summed E-state index contributed by atoms with van der Waals surface area (Å²) in [6.07, 6.45) is -4.98. The Balaban J connectivity index is 2.88. The highest BCUT2D eigenvalue weighted by atomic mass is 35.5. The van der Waals surface area contributed by atoms with Crippen LogP contribution in [0, 0.1) is 11.3 Å². The third kappa shape index (κ3) is 3.26. The molecule has 0 bridgehead atoms. The average molecular weight is 456 g/mol. The maximum absolute atomic E-state index is 13.8. The zero-order valence-corrected chi connectivity index (χ0v) is 14.5. The van der Waals surface area contributed by atoms with E-state index < -0.39 is 59.1 Å². The number of halogens is 9. The minimum Gasteiger partial charge on any atom is -0.214 e. The van der Waals surface area contributed by atoms with Crippen LogP contribution in [0.5, 0.6) is 0 Å². The normalized spacial score (nSPS) is 20.9. The van der Waals surface area contributed by atoms with E-state index >= 15 is 0 Å². The van der Waals surface area contributed by atoms with Crippen molar-refractivity contribution >= 4 is 33.0 Å². The minimum absolute atomic E-state index is 0.172. The molecular weight excluding hydrogens is 454 g/mol. The number of hydrogen-bond acceptors (Lipinski definition) is 5. The van der Waals surface area contributed by atoms with E-state index in [9.17, 15) is 44.4 Å². The lowest BCUT2D eigenvalue weighted by Crippen LogP contribution is -2.35. The summed E-state index contributed by atoms with van der Waals surface area (Å²) in [5.41, 5.74) is -12.0. The van der Waals surface area contributed by atoms with E-state index in [1.165, 1.54) is 0 Å². The summed E-state index contributed by atoms with van der Waals surface area (Å²) in [7, 11) is -6.51. The largest absolute Gasteiger partial charge is 0.501 e. The van der Waals surface area contributed by atoms with Crippen molar-refractivity contribution < 1.29 is 39.2 Å². The fraction of sp³-hybridized carbons (Fsp3) is 0.250. The molecule has 5 nitrogen and oxygen atoms in total. The number of hydrogen-bond donors (Lipinski definition) is 0. The van der Waals surface area contributed by atoms with E-state index in [4.69, 9.17) is 23.2 Å². The quantitative estimate of drug-likeness (QED) is 0.449. The van der Waals surface area contributed by atoms with Gasteiger partial charge in [-0.05, 0) is 12.1 Å². The lowest BCUT2D eigenvalue weighted by atomic mass is 9.91. The van der Waals surface area contributed by atoms with Crippen molar-refractivity contribution in [2.45, 2.75) is 17.2 Å². The second-order valence-corrected chi connectivity index (χ2v) is 7.60. The monoisotopic (exact) mass is 455 g/mol. The summed E-state index contributed by atoms with van der Waals surface area (Å²) >= 11 is 11.2. The molecule has 0 fully saturated rings. The Labute approximate surface area is 155 Å². The summed E-state index contributed by atoms with van der Waals surface area (Å²) < 4.78 is 114. The van der Waals surface area contributed by atoms with Crippen molar-refractivity contribution in [3.63, 3.8) is 0 Å². The first kappa shape index (κ1) is 21.4. The first-order chi connectivity index (χ1) is 12.1. The van der Waals surface area contributed by atoms with Crippen LogP contribution in [-0.2, 0) is 21.6 Å². The van der Waals surface area contributed by atoms with Gasteiger partial charge in [-0.25, -0.2) is 8.42 Å². The Morgan fingerprint density at radius 1 is 1.07 bits per heavy atom. The standard InChI is InChI=1S/C12H2Cl2F7N3O2S/c13-5-1-4(11(16,17)18)2-6(14)7(5)10(3-22)8(9(15)23-24-10)27(25,26)12(19,20)21/h1-2H. The van der Waals surface area contributed by atoms with Crippen LogP contribution in [0.15, 0.2) is 33.2 Å². The molecule has 0 saturated carbocycles. The molecule has 0 aliphatic carbocycles. The van der Waals surface area contributed by atoms with Crippen molar-refractivity contribution in [2.75, 3.05) is 0 Å². The highest BCUT2D eigenvalue weighted by Gasteiger charge is 2.61. The molecule has 0 amide bonds. The Hall–Kier alpha value is -1.91. The molecule has 0 spiro atoms. The van der Waals surface area contributed by atoms with Gasteiger partial charge in [-0.15, -0.1) is 5.11 Å². The molecule has 0 N–H and O–H groups in total. The van der Waals surface area contributed by atoms with Crippen molar-refractivity contribution in [2.24, 2.45) is 10.2 Å². The number of rotatable bonds is 2. The molecule has 0 aromatic heterocycles. The lowest BCUT2D eigenvalue weighted by molar-refractivity contribution is -0.137. The van der Waals surface area contributed by atoms with Crippen LogP contribution in [0.25, 0.3) is 0 Å². The Morgan fingerprint density at radius 3 is 1.93 bits per heavy atom. The average Bonchev–Trinajstić information content (AvgIpc) is 2.82. The van der Waals surface area contributed by atoms with Crippen LogP contribution in [0.3, 0.4) is 0 Å². The molecule has 15 heteroatoms. The summed E-state index contributed by atoms with van der Waals surface area (Å²) in [4.78, 5) is -2.24. The molecule has 1 aromatic carbocycles. The fourth-order valence-electron chi connectivity index (χ4n) is 2.16. The van der Waals surface area contributed by atoms with Crippen LogP contribution < -0.4 is 0 Å². The molecule has 1 aromatic rings. The van der Waals surface area contributed by atoms with Gasteiger partial charge in [0.05, 0.1) is 5.56 Å². The van der Waals surface area contributed by atoms with Crippen molar-refractivity contribution in [3.05, 3.63) is 44.2 Å². The van der Waals surface area contributed by atoms with Crippen LogP contribution in [0.1, 0.15) is 11.1 Å². The molecule has 1 atom stereocenters. The Morgan fingerprint density at radius 2 is 1.56 bits per heavy atom. The van der Waals surface area contributed by atoms with Gasteiger partial charge >= 0.3 is 11.7 Å². The molecule has 0 radical (unpaired) electrons. The van der Waals surface area contributed by atoms with Crippen LogP contribution >= 0.6 is 23.2 Å². The lowest BCUT2D eigenvalue weighted by Gasteiger charge is -2.24. The topological polar surface area (TPSA) is 82.7 Å². The highest BCUT2D eigenvalue weighted by molar-refractivity contribution is 7.96. The van der Waals surface area contributed by atoms with Gasteiger partial charge in [0, 0.05) is 15.6 Å². The zero-order valence-electron chi connectivity index (χ0n) is 12.1. The SMILES string of the molecule is N#CC1(c2c(Cl)cc(C(F)(F)F)cc2Cl)N=NC(F)=C1S(=O)(=O)C(F)(F)F. The Bertz CT molecular complexity index is 1000. The van der Waals surface area contributed by atoms with Crippen LogP contribution in [0.2, 0.25) is 10.0 Å². The molecule has 1 heterocycles. The molecule has 1 aliphatic heterocycles. The number of benzene rings is 1. The second-order valence-electron chi connectivity index (χ2n) is 4.90. The van der Waals surface area contributed by atoms with Gasteiger partial charge in [0.25, 0.3) is 15.8 Å². The molecule has 2 rings (SSSR count). The maximum atomic E-state index is 13.8. The van der Waals surface area contributed by atoms with Crippen molar-refractivity contribution in [1.82, 2.24) is 0 Å². The summed E-state index contributed by atoms with van der Waals surface area (Å²) in [5, 5.41) is 12.6. The smallest absolute Gasteiger partial charge is 0.214 e. The highest BCUT2D eigenvalue weighted by Crippen LogP contribution is 2.52. The van der Waals surface area contributed by atoms with Gasteiger partial charge in [0.2, 0.25) is 5.54 Å². The Kier molecular flexibility index (Phi) is 5.00. The van der Waals surface area contributed by atoms with Gasteiger partial charge in [0.15, 0.2) is 4.91 Å². The van der Waals surface area contributed by atoms with Crippen molar-refractivity contribution in [1.29, 1.82) is 5.26 Å². The molecule has 1 unspecified atom stereocenters. The summed E-state index contributed by atoms with van der Waals surface area (Å²) in [6, 6.07) is 1.35. The molecule has 1 aliphatic rings. The molecule has 27 heavy (non-hydrogen) atoms. The van der Waals surface area contributed by atoms with Gasteiger partial charge < -0.3 is 0 Å². The number of nitrogens with zero attached hydrogens (tertiary/aromatic N) is 3. The van der Waals surface area contributed by atoms with E-state index in [0.29, 0.717) is 0 Å². The first-order valence-corrected chi connectivity index (χ1v) is 8.46. The van der Waals surface area contributed by atoms with Gasteiger partial charge in [0.1, 0.15) is 6.07 Å². The molecule has 0 saturated heterocycles. The van der Waals surface area contributed by atoms with Gasteiger partial charge in [-0.2, -0.15) is 41.1 Å². The number of azo groups is 1. The molecular formula is C12H2Cl2F7N3O2S. The van der Waals surface area contributed by atoms with E-state index in [1.807, 2.05) is 0 Å². The van der Waals surface area contributed by atoms with Gasteiger partial charge in [-0.3, -0.25) is 0 Å². The van der Waals surface area contributed by atoms with Crippen LogP contribution in [-0.4, -0.2) is 13.9 Å². The van der Waals surface area contributed by atoms with E-state index in [0.717, 1.165) is 6.07 Å². The maximum Gasteiger partial charge on any atom is 0.501 e. The van der Waals surface area contributed by atoms with Crippen LogP contribution in [0.4, 0.5) is 30.7 Å². The zero-order chi connectivity index (χ0) is 21.0. The molecule has 146 valence electrons. The summed E-state index contributed by atoms with van der Waals surface area (Å²) in [6.45, 7) is 0. The van der Waals surface area contributed by atoms with Gasteiger partial charge in [-0.1, -0.05) is 23.2 Å². The number of sulfone groups is 1. The second kappa shape index (κ2) is 6.32. The first-order valence-electron chi connectivity index (χ1n) is 6.22. The third-order valence-electron chi connectivity index (χ3n) is 3.27.